The lowest BCUT2D eigenvalue weighted by Crippen LogP contribution is -2.42. The molecule has 0 N–H and O–H groups in total. The van der Waals surface area contributed by atoms with Crippen LogP contribution in [0.25, 0.3) is 10.4 Å². The summed E-state index contributed by atoms with van der Waals surface area (Å²) in [7, 11) is 0. The Morgan fingerprint density at radius 3 is 2.62 bits per heavy atom. The molecule has 0 aromatic heterocycles. The van der Waals surface area contributed by atoms with E-state index >= 15 is 0 Å². The Morgan fingerprint density at radius 2 is 2.00 bits per heavy atom. The highest BCUT2D eigenvalue weighted by Gasteiger charge is 2.58. The van der Waals surface area contributed by atoms with Crippen LogP contribution in [-0.2, 0) is 28.5 Å². The monoisotopic (exact) mass is 339 g/mol. The number of carbonyl (C=O) groups is 1. The molecule has 2 fully saturated rings. The lowest BCUT2D eigenvalue weighted by atomic mass is 10.0. The Kier molecular flexibility index (Phi) is 5.98. The smallest absolute Gasteiger partial charge is 0.318 e. The lowest BCUT2D eigenvalue weighted by Gasteiger charge is -2.25. The van der Waals surface area contributed by atoms with Gasteiger partial charge in [0.15, 0.2) is 18.1 Å². The highest BCUT2D eigenvalue weighted by atomic mass is 16.8. The minimum atomic E-state index is -1.22. The molecule has 9 nitrogen and oxygen atoms in total. The number of azide groups is 1. The first-order valence-electron chi connectivity index (χ1n) is 7.49. The second-order valence-electron chi connectivity index (χ2n) is 5.72. The maximum atomic E-state index is 12.2. The second kappa shape index (κ2) is 7.78. The molecule has 0 amide bonds. The minimum absolute atomic E-state index is 0.00363. The van der Waals surface area contributed by atoms with Gasteiger partial charge in [0.05, 0.1) is 6.61 Å². The summed E-state index contributed by atoms with van der Waals surface area (Å²) in [6.45, 7) is 10.8. The number of esters is 1. The summed E-state index contributed by atoms with van der Waals surface area (Å²) in [5, 5.41) is 3.52. The SMILES string of the molecule is C=CCOC(=O)[C@@H](N=[N+]=[N-])[C@H]1O[C@@H](OCC=C)[C@@H]2OC(C)(C)O[C@@H]21. The van der Waals surface area contributed by atoms with E-state index in [2.05, 4.69) is 23.2 Å². The molecule has 2 rings (SSSR count). The number of fused-ring (bicyclic) bond motifs is 1. The third kappa shape index (κ3) is 3.95. The van der Waals surface area contributed by atoms with Crippen molar-refractivity contribution in [3.63, 3.8) is 0 Å². The Hall–Kier alpha value is -1.90. The molecular weight excluding hydrogens is 318 g/mol. The van der Waals surface area contributed by atoms with Gasteiger partial charge in [-0.1, -0.05) is 23.8 Å². The number of ether oxygens (including phenoxy) is 5. The van der Waals surface area contributed by atoms with Crippen molar-refractivity contribution >= 4 is 5.97 Å². The van der Waals surface area contributed by atoms with Gasteiger partial charge in [0.25, 0.3) is 0 Å². The van der Waals surface area contributed by atoms with Crippen molar-refractivity contribution in [3.8, 4) is 0 Å². The topological polar surface area (TPSA) is 112 Å². The molecule has 0 aromatic rings. The zero-order valence-corrected chi connectivity index (χ0v) is 13.7. The predicted octanol–water partition coefficient (Wildman–Crippen LogP) is 1.84. The molecule has 0 radical (unpaired) electrons. The fourth-order valence-corrected chi connectivity index (χ4v) is 2.67. The first kappa shape index (κ1) is 18.4. The van der Waals surface area contributed by atoms with E-state index in [0.717, 1.165) is 0 Å². The highest BCUT2D eigenvalue weighted by molar-refractivity contribution is 5.77. The van der Waals surface area contributed by atoms with Gasteiger partial charge in [0.2, 0.25) is 0 Å². The lowest BCUT2D eigenvalue weighted by molar-refractivity contribution is -0.233. The van der Waals surface area contributed by atoms with Crippen molar-refractivity contribution in [3.05, 3.63) is 35.8 Å². The van der Waals surface area contributed by atoms with Crippen molar-refractivity contribution < 1.29 is 28.5 Å². The quantitative estimate of drug-likeness (QED) is 0.219. The highest BCUT2D eigenvalue weighted by Crippen LogP contribution is 2.40. The average molecular weight is 339 g/mol. The summed E-state index contributed by atoms with van der Waals surface area (Å²) in [4.78, 5) is 14.9. The summed E-state index contributed by atoms with van der Waals surface area (Å²) in [6.07, 6.45) is 0.117. The van der Waals surface area contributed by atoms with Crippen molar-refractivity contribution in [2.45, 2.75) is 50.3 Å². The van der Waals surface area contributed by atoms with Crippen LogP contribution in [0.3, 0.4) is 0 Å². The standard InChI is InChI=1S/C15H21N3O6/c1-5-7-20-13(19)9(17-18-16)10-11-12(24-15(3,4)23-11)14(22-10)21-8-6-2/h5-6,9-12,14H,1-2,7-8H2,3-4H3/t9-,10+,11+,12+,14+/m0/s1. The van der Waals surface area contributed by atoms with Crippen molar-refractivity contribution in [1.82, 2.24) is 0 Å². The average Bonchev–Trinajstić information content (AvgIpc) is 3.01. The second-order valence-corrected chi connectivity index (χ2v) is 5.72. The number of nitrogens with zero attached hydrogens (tertiary/aromatic N) is 3. The van der Waals surface area contributed by atoms with E-state index in [4.69, 9.17) is 29.2 Å². The molecule has 5 atom stereocenters. The first-order chi connectivity index (χ1) is 11.4. The molecule has 2 aliphatic heterocycles. The predicted molar refractivity (Wildman–Crippen MR) is 82.7 cm³/mol. The fraction of sp³-hybridized carbons (Fsp3) is 0.667. The van der Waals surface area contributed by atoms with Crippen LogP contribution < -0.4 is 0 Å². The molecule has 9 heteroatoms. The van der Waals surface area contributed by atoms with E-state index in [1.165, 1.54) is 6.08 Å². The first-order valence-corrected chi connectivity index (χ1v) is 7.49. The van der Waals surface area contributed by atoms with Gasteiger partial charge in [0.1, 0.15) is 24.9 Å². The van der Waals surface area contributed by atoms with Gasteiger partial charge in [-0.05, 0) is 19.4 Å². The molecule has 0 saturated carbocycles. The summed E-state index contributed by atoms with van der Waals surface area (Å²) < 4.78 is 27.8. The largest absolute Gasteiger partial charge is 0.461 e. The molecule has 24 heavy (non-hydrogen) atoms. The van der Waals surface area contributed by atoms with Gasteiger partial charge < -0.3 is 23.7 Å². The van der Waals surface area contributed by atoms with Crippen LogP contribution in [-0.4, -0.2) is 55.6 Å². The van der Waals surface area contributed by atoms with E-state index in [0.29, 0.717) is 0 Å². The van der Waals surface area contributed by atoms with Crippen molar-refractivity contribution in [2.24, 2.45) is 5.11 Å². The molecule has 0 aromatic carbocycles. The Bertz CT molecular complexity index is 545. The van der Waals surface area contributed by atoms with Gasteiger partial charge in [-0.3, -0.25) is 4.79 Å². The number of rotatable bonds is 8. The summed E-state index contributed by atoms with van der Waals surface area (Å²) in [5.74, 6) is -1.60. The van der Waals surface area contributed by atoms with Crippen LogP contribution in [0, 0.1) is 0 Å². The van der Waals surface area contributed by atoms with Gasteiger partial charge in [0, 0.05) is 4.91 Å². The van der Waals surface area contributed by atoms with Gasteiger partial charge >= 0.3 is 5.97 Å². The number of carbonyl (C=O) groups excluding carboxylic acids is 1. The van der Waals surface area contributed by atoms with Gasteiger partial charge in [-0.2, -0.15) is 0 Å². The fourth-order valence-electron chi connectivity index (χ4n) is 2.67. The third-order valence-electron chi connectivity index (χ3n) is 3.50. The maximum Gasteiger partial charge on any atom is 0.318 e. The van der Waals surface area contributed by atoms with Crippen LogP contribution in [0.15, 0.2) is 30.4 Å². The Labute approximate surface area is 139 Å². The minimum Gasteiger partial charge on any atom is -0.461 e. The normalized spacial score (nSPS) is 31.6. The molecule has 2 saturated heterocycles. The van der Waals surface area contributed by atoms with E-state index in [9.17, 15) is 4.79 Å². The molecular formula is C15H21N3O6. The Balaban J connectivity index is 2.22. The Morgan fingerprint density at radius 1 is 1.33 bits per heavy atom. The van der Waals surface area contributed by atoms with Crippen LogP contribution in [0.5, 0.6) is 0 Å². The maximum absolute atomic E-state index is 12.2. The zero-order chi connectivity index (χ0) is 17.7. The van der Waals surface area contributed by atoms with Gasteiger partial charge in [-0.15, -0.1) is 6.58 Å². The van der Waals surface area contributed by atoms with E-state index in [1.54, 1.807) is 19.9 Å². The molecule has 0 unspecified atom stereocenters. The van der Waals surface area contributed by atoms with Crippen molar-refractivity contribution in [1.29, 1.82) is 0 Å². The molecule has 132 valence electrons. The molecule has 0 spiro atoms. The zero-order valence-electron chi connectivity index (χ0n) is 13.7. The summed E-state index contributed by atoms with van der Waals surface area (Å²) in [5.41, 5.74) is 8.78. The van der Waals surface area contributed by atoms with E-state index in [-0.39, 0.29) is 13.2 Å². The molecule has 2 aliphatic rings. The van der Waals surface area contributed by atoms with Crippen LogP contribution in [0.4, 0.5) is 0 Å². The van der Waals surface area contributed by atoms with Crippen LogP contribution in [0.2, 0.25) is 0 Å². The molecule has 0 aliphatic carbocycles. The van der Waals surface area contributed by atoms with E-state index < -0.39 is 42.4 Å². The molecule has 0 bridgehead atoms. The third-order valence-corrected chi connectivity index (χ3v) is 3.50. The van der Waals surface area contributed by atoms with Crippen LogP contribution in [0.1, 0.15) is 13.8 Å². The molecule has 2 heterocycles. The number of hydrogen-bond donors (Lipinski definition) is 0. The van der Waals surface area contributed by atoms with E-state index in [1.807, 2.05) is 0 Å². The number of hydrogen-bond acceptors (Lipinski definition) is 7. The van der Waals surface area contributed by atoms with Gasteiger partial charge in [-0.25, -0.2) is 0 Å². The summed E-state index contributed by atoms with van der Waals surface area (Å²) in [6, 6.07) is -1.22. The van der Waals surface area contributed by atoms with Crippen molar-refractivity contribution in [2.75, 3.05) is 13.2 Å². The summed E-state index contributed by atoms with van der Waals surface area (Å²) >= 11 is 0. The van der Waals surface area contributed by atoms with Crippen LogP contribution >= 0.6 is 0 Å².